The van der Waals surface area contributed by atoms with Gasteiger partial charge in [-0.25, -0.2) is 9.38 Å². The van der Waals surface area contributed by atoms with Crippen LogP contribution in [0.25, 0.3) is 0 Å². The molecule has 1 aliphatic carbocycles. The lowest BCUT2D eigenvalue weighted by Gasteiger charge is -2.10. The molecule has 0 aromatic heterocycles. The molecule has 1 aliphatic rings. The molecule has 6 heteroatoms. The number of aliphatic imine (C=N–C) groups is 1. The van der Waals surface area contributed by atoms with Crippen LogP contribution in [-0.4, -0.2) is 31.0 Å². The summed E-state index contributed by atoms with van der Waals surface area (Å²) in [4.78, 5) is 15.9. The van der Waals surface area contributed by atoms with Crippen LogP contribution < -0.4 is 16.0 Å². The van der Waals surface area contributed by atoms with E-state index in [1.807, 2.05) is 6.92 Å². The number of carbonyl (C=O) groups excluding carboxylic acids is 1. The predicted molar refractivity (Wildman–Crippen MR) is 77.2 cm³/mol. The number of hydrogen-bond donors (Lipinski definition) is 3. The first-order chi connectivity index (χ1) is 9.67. The normalized spacial score (nSPS) is 14.8. The molecule has 0 radical (unpaired) electrons. The predicted octanol–water partition coefficient (Wildman–Crippen LogP) is 1.48. The number of carbonyl (C=O) groups is 1. The molecule has 1 saturated carbocycles. The summed E-state index contributed by atoms with van der Waals surface area (Å²) >= 11 is 0. The van der Waals surface area contributed by atoms with Gasteiger partial charge in [-0.3, -0.25) is 4.79 Å². The van der Waals surface area contributed by atoms with Gasteiger partial charge in [0.25, 0.3) is 0 Å². The van der Waals surface area contributed by atoms with E-state index in [9.17, 15) is 9.18 Å². The van der Waals surface area contributed by atoms with Gasteiger partial charge >= 0.3 is 0 Å². The summed E-state index contributed by atoms with van der Waals surface area (Å²) in [6.07, 6.45) is 2.28. The van der Waals surface area contributed by atoms with Crippen molar-refractivity contribution in [2.24, 2.45) is 4.99 Å². The lowest BCUT2D eigenvalue weighted by Crippen LogP contribution is -2.39. The lowest BCUT2D eigenvalue weighted by molar-refractivity contribution is -0.114. The third-order valence-electron chi connectivity index (χ3n) is 2.75. The number of amides is 1. The van der Waals surface area contributed by atoms with Gasteiger partial charge < -0.3 is 16.0 Å². The van der Waals surface area contributed by atoms with Gasteiger partial charge in [-0.2, -0.15) is 0 Å². The minimum absolute atomic E-state index is 0.00142. The van der Waals surface area contributed by atoms with Crippen molar-refractivity contribution in [2.45, 2.75) is 25.8 Å². The largest absolute Gasteiger partial charge is 0.357 e. The van der Waals surface area contributed by atoms with Gasteiger partial charge in [0.15, 0.2) is 5.96 Å². The van der Waals surface area contributed by atoms with Crippen molar-refractivity contribution in [1.82, 2.24) is 10.6 Å². The van der Waals surface area contributed by atoms with Crippen molar-refractivity contribution < 1.29 is 9.18 Å². The van der Waals surface area contributed by atoms with Crippen LogP contribution in [0.1, 0.15) is 19.8 Å². The number of hydrogen-bond acceptors (Lipinski definition) is 2. The van der Waals surface area contributed by atoms with Gasteiger partial charge in [0.2, 0.25) is 5.91 Å². The Bertz CT molecular complexity index is 500. The molecule has 20 heavy (non-hydrogen) atoms. The minimum Gasteiger partial charge on any atom is -0.357 e. The van der Waals surface area contributed by atoms with Crippen LogP contribution in [0.2, 0.25) is 0 Å². The van der Waals surface area contributed by atoms with Crippen molar-refractivity contribution in [2.75, 3.05) is 18.4 Å². The first kappa shape index (κ1) is 14.3. The van der Waals surface area contributed by atoms with Crippen molar-refractivity contribution in [3.05, 3.63) is 30.1 Å². The molecule has 1 aromatic rings. The second kappa shape index (κ2) is 6.88. The average molecular weight is 278 g/mol. The fourth-order valence-corrected chi connectivity index (χ4v) is 1.66. The lowest BCUT2D eigenvalue weighted by atomic mass is 10.3. The van der Waals surface area contributed by atoms with E-state index in [0.717, 1.165) is 19.4 Å². The maximum Gasteiger partial charge on any atom is 0.246 e. The summed E-state index contributed by atoms with van der Waals surface area (Å²) in [6, 6.07) is 6.26. The van der Waals surface area contributed by atoms with E-state index in [1.54, 1.807) is 12.1 Å². The van der Waals surface area contributed by atoms with Crippen molar-refractivity contribution in [3.8, 4) is 0 Å². The molecule has 0 aliphatic heterocycles. The maximum absolute atomic E-state index is 13.0. The van der Waals surface area contributed by atoms with Crippen LogP contribution in [0.15, 0.2) is 29.3 Å². The molecule has 1 fully saturated rings. The van der Waals surface area contributed by atoms with Crippen LogP contribution in [0.5, 0.6) is 0 Å². The highest BCUT2D eigenvalue weighted by Crippen LogP contribution is 2.18. The van der Waals surface area contributed by atoms with Crippen LogP contribution in [0.4, 0.5) is 10.1 Å². The zero-order chi connectivity index (χ0) is 14.4. The Labute approximate surface area is 117 Å². The summed E-state index contributed by atoms with van der Waals surface area (Å²) in [5.41, 5.74) is 0.436. The summed E-state index contributed by atoms with van der Waals surface area (Å²) in [5, 5.41) is 8.91. The summed E-state index contributed by atoms with van der Waals surface area (Å²) in [5.74, 6) is -0.0111. The van der Waals surface area contributed by atoms with Gasteiger partial charge in [-0.05, 0) is 38.0 Å². The first-order valence-electron chi connectivity index (χ1n) is 6.77. The highest BCUT2D eigenvalue weighted by molar-refractivity contribution is 5.94. The first-order valence-corrected chi connectivity index (χ1v) is 6.77. The summed E-state index contributed by atoms with van der Waals surface area (Å²) < 4.78 is 13.0. The third kappa shape index (κ3) is 4.87. The SMILES string of the molecule is CCNC(=NCC(=O)Nc1cccc(F)c1)NC1CC1. The van der Waals surface area contributed by atoms with Gasteiger partial charge in [0.1, 0.15) is 12.4 Å². The molecule has 0 spiro atoms. The zero-order valence-corrected chi connectivity index (χ0v) is 11.4. The molecular weight excluding hydrogens is 259 g/mol. The number of anilines is 1. The van der Waals surface area contributed by atoms with E-state index in [-0.39, 0.29) is 18.3 Å². The smallest absolute Gasteiger partial charge is 0.246 e. The van der Waals surface area contributed by atoms with E-state index >= 15 is 0 Å². The molecule has 2 rings (SSSR count). The molecule has 0 saturated heterocycles. The fourth-order valence-electron chi connectivity index (χ4n) is 1.66. The second-order valence-electron chi connectivity index (χ2n) is 4.67. The molecule has 0 bridgehead atoms. The Balaban J connectivity index is 1.85. The third-order valence-corrected chi connectivity index (χ3v) is 2.75. The molecule has 1 amide bonds. The summed E-state index contributed by atoms with van der Waals surface area (Å²) in [6.45, 7) is 2.71. The van der Waals surface area contributed by atoms with Crippen molar-refractivity contribution >= 4 is 17.6 Å². The van der Waals surface area contributed by atoms with E-state index in [1.165, 1.54) is 12.1 Å². The maximum atomic E-state index is 13.0. The quantitative estimate of drug-likeness (QED) is 0.564. The number of nitrogens with zero attached hydrogens (tertiary/aromatic N) is 1. The number of benzene rings is 1. The zero-order valence-electron chi connectivity index (χ0n) is 11.4. The number of guanidine groups is 1. The molecule has 3 N–H and O–H groups in total. The van der Waals surface area contributed by atoms with E-state index in [0.29, 0.717) is 17.7 Å². The average Bonchev–Trinajstić information content (AvgIpc) is 3.20. The van der Waals surface area contributed by atoms with E-state index in [4.69, 9.17) is 0 Å². The van der Waals surface area contributed by atoms with Gasteiger partial charge in [0, 0.05) is 18.3 Å². The molecule has 0 atom stereocenters. The number of halogens is 1. The van der Waals surface area contributed by atoms with Crippen molar-refractivity contribution in [1.29, 1.82) is 0 Å². The fraction of sp³-hybridized carbons (Fsp3) is 0.429. The topological polar surface area (TPSA) is 65.5 Å². The number of rotatable bonds is 5. The Morgan fingerprint density at radius 3 is 2.90 bits per heavy atom. The Morgan fingerprint density at radius 2 is 2.25 bits per heavy atom. The van der Waals surface area contributed by atoms with Crippen LogP contribution in [0.3, 0.4) is 0 Å². The van der Waals surface area contributed by atoms with Gasteiger partial charge in [-0.15, -0.1) is 0 Å². The Kier molecular flexibility index (Phi) is 4.92. The van der Waals surface area contributed by atoms with E-state index < -0.39 is 0 Å². The van der Waals surface area contributed by atoms with Crippen LogP contribution in [0, 0.1) is 5.82 Å². The standard InChI is InChI=1S/C14H19FN4O/c1-2-16-14(19-11-6-7-11)17-9-13(20)18-12-5-3-4-10(15)8-12/h3-5,8,11H,2,6-7,9H2,1H3,(H,18,20)(H2,16,17,19). The van der Waals surface area contributed by atoms with Crippen LogP contribution >= 0.6 is 0 Å². The van der Waals surface area contributed by atoms with Gasteiger partial charge in [0.05, 0.1) is 0 Å². The van der Waals surface area contributed by atoms with E-state index in [2.05, 4.69) is 20.9 Å². The molecule has 1 aromatic carbocycles. The monoisotopic (exact) mass is 278 g/mol. The molecule has 108 valence electrons. The molecule has 0 heterocycles. The minimum atomic E-state index is -0.380. The van der Waals surface area contributed by atoms with Gasteiger partial charge in [-0.1, -0.05) is 6.07 Å². The molecule has 0 unspecified atom stereocenters. The molecular formula is C14H19FN4O. The molecule has 5 nitrogen and oxygen atoms in total. The summed E-state index contributed by atoms with van der Waals surface area (Å²) in [7, 11) is 0. The van der Waals surface area contributed by atoms with Crippen molar-refractivity contribution in [3.63, 3.8) is 0 Å². The number of nitrogens with one attached hydrogen (secondary N) is 3. The Morgan fingerprint density at radius 1 is 1.45 bits per heavy atom. The Hall–Kier alpha value is -2.11. The highest BCUT2D eigenvalue weighted by atomic mass is 19.1. The highest BCUT2D eigenvalue weighted by Gasteiger charge is 2.22. The van der Waals surface area contributed by atoms with Crippen LogP contribution in [-0.2, 0) is 4.79 Å². The second-order valence-corrected chi connectivity index (χ2v) is 4.67.